The minimum atomic E-state index is -0.312. The number of aromatic nitrogens is 5. The molecule has 3 aromatic rings. The number of fused-ring (bicyclic) bond motifs is 1. The number of aryl methyl sites for hydroxylation is 1. The van der Waals surface area contributed by atoms with Crippen LogP contribution in [0.25, 0.3) is 10.7 Å². The molecule has 1 aliphatic rings. The van der Waals surface area contributed by atoms with Crippen molar-refractivity contribution in [2.45, 2.75) is 69.8 Å². The monoisotopic (exact) mass is 458 g/mol. The third-order valence-electron chi connectivity index (χ3n) is 5.88. The van der Waals surface area contributed by atoms with E-state index in [9.17, 15) is 4.79 Å². The number of rotatable bonds is 7. The van der Waals surface area contributed by atoms with Gasteiger partial charge in [-0.25, -0.2) is 4.68 Å². The first-order valence-corrected chi connectivity index (χ1v) is 12.6. The fourth-order valence-corrected chi connectivity index (χ4v) is 6.00. The predicted molar refractivity (Wildman–Crippen MR) is 127 cm³/mol. The van der Waals surface area contributed by atoms with Crippen LogP contribution in [0.3, 0.4) is 0 Å². The van der Waals surface area contributed by atoms with Gasteiger partial charge < -0.3 is 9.88 Å². The van der Waals surface area contributed by atoms with E-state index in [1.807, 2.05) is 49.8 Å². The maximum atomic E-state index is 12.7. The third kappa shape index (κ3) is 4.57. The topological polar surface area (TPSA) is 77.6 Å². The molecule has 1 aliphatic carbocycles. The Kier molecular flexibility index (Phi) is 6.52. The van der Waals surface area contributed by atoms with Gasteiger partial charge in [0, 0.05) is 24.0 Å². The summed E-state index contributed by atoms with van der Waals surface area (Å²) in [5, 5.41) is 16.5. The summed E-state index contributed by atoms with van der Waals surface area (Å²) in [6.07, 6.45) is 6.57. The Balaban J connectivity index is 1.45. The Morgan fingerprint density at radius 1 is 1.35 bits per heavy atom. The van der Waals surface area contributed by atoms with Gasteiger partial charge in [0.05, 0.1) is 16.3 Å². The summed E-state index contributed by atoms with van der Waals surface area (Å²) in [6, 6.07) is 4.29. The van der Waals surface area contributed by atoms with Crippen molar-refractivity contribution in [1.82, 2.24) is 24.5 Å². The standard InChI is InChI=1S/C22H30N6OS2/c1-6-15-7-8-17-16(11-15)12-18(31-17)20-25-26-22(27(20)5)30-14(4)21(29)24-19-9-10-23-28(19)13(2)3/h9-10,12-15H,6-8,11H2,1-5H3,(H,24,29). The number of nitrogens with one attached hydrogen (secondary N) is 1. The summed E-state index contributed by atoms with van der Waals surface area (Å²) in [5.41, 5.74) is 1.48. The zero-order valence-electron chi connectivity index (χ0n) is 18.8. The lowest BCUT2D eigenvalue weighted by Crippen LogP contribution is -2.25. The maximum absolute atomic E-state index is 12.7. The van der Waals surface area contributed by atoms with E-state index in [2.05, 4.69) is 33.6 Å². The molecule has 0 bridgehead atoms. The summed E-state index contributed by atoms with van der Waals surface area (Å²) in [4.78, 5) is 15.4. The molecule has 9 heteroatoms. The zero-order valence-corrected chi connectivity index (χ0v) is 20.4. The van der Waals surface area contributed by atoms with Gasteiger partial charge in [-0.05, 0) is 57.6 Å². The number of thiophene rings is 1. The van der Waals surface area contributed by atoms with Gasteiger partial charge in [-0.15, -0.1) is 21.5 Å². The van der Waals surface area contributed by atoms with Gasteiger partial charge >= 0.3 is 0 Å². The van der Waals surface area contributed by atoms with Crippen LogP contribution in [-0.2, 0) is 24.7 Å². The first-order valence-electron chi connectivity index (χ1n) is 10.9. The number of anilines is 1. The van der Waals surface area contributed by atoms with Crippen LogP contribution in [0.4, 0.5) is 5.82 Å². The number of hydrogen-bond acceptors (Lipinski definition) is 6. The lowest BCUT2D eigenvalue weighted by atomic mass is 9.87. The van der Waals surface area contributed by atoms with Crippen molar-refractivity contribution in [3.05, 3.63) is 28.8 Å². The van der Waals surface area contributed by atoms with E-state index in [0.29, 0.717) is 5.82 Å². The van der Waals surface area contributed by atoms with E-state index in [0.717, 1.165) is 16.9 Å². The molecular weight excluding hydrogens is 428 g/mol. The molecule has 2 atom stereocenters. The predicted octanol–water partition coefficient (Wildman–Crippen LogP) is 4.96. The lowest BCUT2D eigenvalue weighted by molar-refractivity contribution is -0.115. The molecule has 7 nitrogen and oxygen atoms in total. The van der Waals surface area contributed by atoms with Crippen molar-refractivity contribution in [3.8, 4) is 10.7 Å². The molecular formula is C22H30N6OS2. The highest BCUT2D eigenvalue weighted by molar-refractivity contribution is 8.00. The van der Waals surface area contributed by atoms with Crippen molar-refractivity contribution in [1.29, 1.82) is 0 Å². The van der Waals surface area contributed by atoms with Gasteiger partial charge in [-0.3, -0.25) is 4.79 Å². The Hall–Kier alpha value is -2.13. The van der Waals surface area contributed by atoms with Crippen LogP contribution in [0.15, 0.2) is 23.5 Å². The minimum Gasteiger partial charge on any atom is -0.310 e. The molecule has 0 fully saturated rings. The average molecular weight is 459 g/mol. The minimum absolute atomic E-state index is 0.0749. The molecule has 0 saturated heterocycles. The summed E-state index contributed by atoms with van der Waals surface area (Å²) < 4.78 is 3.80. The quantitative estimate of drug-likeness (QED) is 0.507. The first-order chi connectivity index (χ1) is 14.9. The molecule has 31 heavy (non-hydrogen) atoms. The molecule has 0 radical (unpaired) electrons. The molecule has 0 aromatic carbocycles. The van der Waals surface area contributed by atoms with Gasteiger partial charge in [0.15, 0.2) is 11.0 Å². The Morgan fingerprint density at radius 3 is 2.90 bits per heavy atom. The number of amides is 1. The molecule has 3 aromatic heterocycles. The highest BCUT2D eigenvalue weighted by Crippen LogP contribution is 2.38. The molecule has 0 spiro atoms. The number of nitrogens with zero attached hydrogens (tertiary/aromatic N) is 5. The maximum Gasteiger partial charge on any atom is 0.238 e. The van der Waals surface area contributed by atoms with E-state index in [1.165, 1.54) is 52.8 Å². The van der Waals surface area contributed by atoms with Crippen LogP contribution >= 0.6 is 23.1 Å². The van der Waals surface area contributed by atoms with Gasteiger partial charge in [-0.2, -0.15) is 5.10 Å². The Morgan fingerprint density at radius 2 is 2.16 bits per heavy atom. The van der Waals surface area contributed by atoms with E-state index >= 15 is 0 Å². The number of carbonyl (C=O) groups is 1. The van der Waals surface area contributed by atoms with Crippen molar-refractivity contribution in [2.75, 3.05) is 5.32 Å². The molecule has 2 unspecified atom stereocenters. The second kappa shape index (κ2) is 9.16. The van der Waals surface area contributed by atoms with Crippen molar-refractivity contribution in [2.24, 2.45) is 13.0 Å². The molecule has 1 N–H and O–H groups in total. The highest BCUT2D eigenvalue weighted by Gasteiger charge is 2.24. The molecule has 0 saturated carbocycles. The van der Waals surface area contributed by atoms with Crippen molar-refractivity contribution >= 4 is 34.8 Å². The summed E-state index contributed by atoms with van der Waals surface area (Å²) in [7, 11) is 1.98. The van der Waals surface area contributed by atoms with Crippen LogP contribution in [-0.4, -0.2) is 35.7 Å². The second-order valence-corrected chi connectivity index (χ2v) is 10.9. The van der Waals surface area contributed by atoms with E-state index < -0.39 is 0 Å². The molecule has 4 rings (SSSR count). The third-order valence-corrected chi connectivity index (χ3v) is 8.25. The Bertz CT molecular complexity index is 1070. The number of thioether (sulfide) groups is 1. The van der Waals surface area contributed by atoms with Gasteiger partial charge in [-0.1, -0.05) is 25.1 Å². The summed E-state index contributed by atoms with van der Waals surface area (Å²) in [6.45, 7) is 8.24. The summed E-state index contributed by atoms with van der Waals surface area (Å²) in [5.74, 6) is 2.31. The largest absolute Gasteiger partial charge is 0.310 e. The fourth-order valence-electron chi connectivity index (χ4n) is 3.95. The summed E-state index contributed by atoms with van der Waals surface area (Å²) >= 11 is 3.26. The van der Waals surface area contributed by atoms with Crippen LogP contribution in [0.5, 0.6) is 0 Å². The normalized spacial score (nSPS) is 17.0. The van der Waals surface area contributed by atoms with E-state index in [1.54, 1.807) is 10.9 Å². The van der Waals surface area contributed by atoms with Crippen LogP contribution < -0.4 is 5.32 Å². The molecule has 3 heterocycles. The van der Waals surface area contributed by atoms with Crippen molar-refractivity contribution in [3.63, 3.8) is 0 Å². The number of hydrogen-bond donors (Lipinski definition) is 1. The van der Waals surface area contributed by atoms with E-state index in [4.69, 9.17) is 0 Å². The number of carbonyl (C=O) groups excluding carboxylic acids is 1. The van der Waals surface area contributed by atoms with Crippen LogP contribution in [0.2, 0.25) is 0 Å². The molecule has 166 valence electrons. The molecule has 0 aliphatic heterocycles. The first kappa shape index (κ1) is 22.1. The lowest BCUT2D eigenvalue weighted by Gasteiger charge is -2.19. The Labute approximate surface area is 191 Å². The van der Waals surface area contributed by atoms with Gasteiger partial charge in [0.2, 0.25) is 5.91 Å². The van der Waals surface area contributed by atoms with Crippen LogP contribution in [0, 0.1) is 5.92 Å². The van der Waals surface area contributed by atoms with E-state index in [-0.39, 0.29) is 17.2 Å². The van der Waals surface area contributed by atoms with Gasteiger partial charge in [0.25, 0.3) is 0 Å². The fraction of sp³-hybridized carbons (Fsp3) is 0.545. The average Bonchev–Trinajstić information content (AvgIpc) is 3.46. The smallest absolute Gasteiger partial charge is 0.238 e. The van der Waals surface area contributed by atoms with Crippen molar-refractivity contribution < 1.29 is 4.79 Å². The second-order valence-electron chi connectivity index (χ2n) is 8.45. The zero-order chi connectivity index (χ0) is 22.1. The SMILES string of the molecule is CCC1CCc2sc(-c3nnc(SC(C)C(=O)Nc4ccnn4C(C)C)n3C)cc2C1. The van der Waals surface area contributed by atoms with Crippen LogP contribution in [0.1, 0.15) is 57.0 Å². The van der Waals surface area contributed by atoms with Gasteiger partial charge in [0.1, 0.15) is 5.82 Å². The molecule has 1 amide bonds. The highest BCUT2D eigenvalue weighted by atomic mass is 32.2.